The lowest BCUT2D eigenvalue weighted by atomic mass is 9.98. The summed E-state index contributed by atoms with van der Waals surface area (Å²) in [6.07, 6.45) is 6.09. The molecule has 11 heteroatoms. The van der Waals surface area contributed by atoms with Gasteiger partial charge in [-0.05, 0) is 31.6 Å². The molecule has 2 aliphatic rings. The van der Waals surface area contributed by atoms with Gasteiger partial charge in [0.2, 0.25) is 17.7 Å². The average molecular weight is 463 g/mol. The molecule has 0 radical (unpaired) electrons. The van der Waals surface area contributed by atoms with Crippen molar-refractivity contribution in [2.45, 2.75) is 76.5 Å². The SMILES string of the molecule is CCC(C)C(N)C(=O)NC(Cc1cnc[nH]1)C(=O)N1CCCC1C(=O)N1CCCC1C(=O)O. The zero-order valence-corrected chi connectivity index (χ0v) is 19.2. The number of carboxylic acid groups (broad SMARTS) is 1. The predicted octanol–water partition coefficient (Wildman–Crippen LogP) is -0.123. The van der Waals surface area contributed by atoms with Gasteiger partial charge < -0.3 is 30.9 Å². The number of H-pyrrole nitrogens is 1. The van der Waals surface area contributed by atoms with E-state index >= 15 is 0 Å². The number of aromatic nitrogens is 2. The minimum Gasteiger partial charge on any atom is -0.480 e. The third-order valence-corrected chi connectivity index (χ3v) is 6.80. The van der Waals surface area contributed by atoms with Crippen molar-refractivity contribution in [3.8, 4) is 0 Å². The van der Waals surface area contributed by atoms with Crippen LogP contribution in [-0.4, -0.2) is 85.8 Å². The zero-order chi connectivity index (χ0) is 24.1. The first-order valence-corrected chi connectivity index (χ1v) is 11.6. The number of aromatic amines is 1. The fraction of sp³-hybridized carbons (Fsp3) is 0.682. The molecule has 3 rings (SSSR count). The van der Waals surface area contributed by atoms with Crippen molar-refractivity contribution in [1.29, 1.82) is 0 Å². The van der Waals surface area contributed by atoms with Crippen molar-refractivity contribution in [1.82, 2.24) is 25.1 Å². The lowest BCUT2D eigenvalue weighted by Crippen LogP contribution is -2.58. The van der Waals surface area contributed by atoms with Crippen LogP contribution < -0.4 is 11.1 Å². The van der Waals surface area contributed by atoms with Crippen LogP contribution >= 0.6 is 0 Å². The summed E-state index contributed by atoms with van der Waals surface area (Å²) in [6.45, 7) is 4.55. The van der Waals surface area contributed by atoms with Crippen molar-refractivity contribution in [2.75, 3.05) is 13.1 Å². The number of hydrogen-bond acceptors (Lipinski definition) is 6. The molecule has 2 saturated heterocycles. The molecule has 5 N–H and O–H groups in total. The van der Waals surface area contributed by atoms with Gasteiger partial charge >= 0.3 is 5.97 Å². The van der Waals surface area contributed by atoms with Crippen molar-refractivity contribution in [3.05, 3.63) is 18.2 Å². The van der Waals surface area contributed by atoms with Crippen LogP contribution in [0, 0.1) is 5.92 Å². The van der Waals surface area contributed by atoms with Gasteiger partial charge in [-0.25, -0.2) is 9.78 Å². The highest BCUT2D eigenvalue weighted by Gasteiger charge is 2.43. The Hall–Kier alpha value is -2.95. The topological polar surface area (TPSA) is 162 Å². The zero-order valence-electron chi connectivity index (χ0n) is 19.2. The summed E-state index contributed by atoms with van der Waals surface area (Å²) in [4.78, 5) is 60.9. The van der Waals surface area contributed by atoms with Gasteiger partial charge in [-0.3, -0.25) is 14.4 Å². The van der Waals surface area contributed by atoms with E-state index in [9.17, 15) is 24.3 Å². The maximum atomic E-state index is 13.6. The highest BCUT2D eigenvalue weighted by atomic mass is 16.4. The summed E-state index contributed by atoms with van der Waals surface area (Å²) >= 11 is 0. The van der Waals surface area contributed by atoms with Crippen LogP contribution in [0.2, 0.25) is 0 Å². The Morgan fingerprint density at radius 2 is 1.88 bits per heavy atom. The molecule has 3 heterocycles. The highest BCUT2D eigenvalue weighted by Crippen LogP contribution is 2.26. The number of hydrogen-bond donors (Lipinski definition) is 4. The van der Waals surface area contributed by atoms with E-state index in [1.807, 2.05) is 13.8 Å². The molecule has 0 aromatic carbocycles. The second kappa shape index (κ2) is 10.8. The molecule has 182 valence electrons. The maximum absolute atomic E-state index is 13.6. The first kappa shape index (κ1) is 24.7. The molecule has 2 fully saturated rings. The molecular weight excluding hydrogens is 428 g/mol. The standard InChI is InChI=1S/C22H34N6O5/c1-3-13(2)18(23)19(29)26-15(10-14-11-24-12-25-14)20(30)27-8-4-6-16(27)21(31)28-9-5-7-17(28)22(32)33/h11-13,15-18H,3-10,23H2,1-2H3,(H,24,25)(H,26,29)(H,32,33). The third kappa shape index (κ3) is 5.52. The normalized spacial score (nSPS) is 23.2. The average Bonchev–Trinajstić information content (AvgIpc) is 3.57. The molecule has 5 unspecified atom stereocenters. The van der Waals surface area contributed by atoms with E-state index in [0.29, 0.717) is 44.5 Å². The number of likely N-dealkylation sites (tertiary alicyclic amines) is 2. The number of carboxylic acids is 1. The van der Waals surface area contributed by atoms with Gasteiger partial charge in [0.25, 0.3) is 0 Å². The molecule has 0 saturated carbocycles. The summed E-state index contributed by atoms with van der Waals surface area (Å²) in [5, 5.41) is 12.2. The number of nitrogens with one attached hydrogen (secondary N) is 2. The first-order valence-electron chi connectivity index (χ1n) is 11.6. The fourth-order valence-electron chi connectivity index (χ4n) is 4.56. The fourth-order valence-corrected chi connectivity index (χ4v) is 4.56. The van der Waals surface area contributed by atoms with Gasteiger partial charge in [-0.1, -0.05) is 20.3 Å². The predicted molar refractivity (Wildman–Crippen MR) is 119 cm³/mol. The smallest absolute Gasteiger partial charge is 0.326 e. The largest absolute Gasteiger partial charge is 0.480 e. The van der Waals surface area contributed by atoms with E-state index in [1.54, 1.807) is 6.20 Å². The van der Waals surface area contributed by atoms with E-state index in [0.717, 1.165) is 6.42 Å². The minimum atomic E-state index is -1.03. The molecule has 1 aromatic rings. The number of carbonyl (C=O) groups is 4. The Kier molecular flexibility index (Phi) is 8.06. The van der Waals surface area contributed by atoms with Crippen molar-refractivity contribution >= 4 is 23.7 Å². The van der Waals surface area contributed by atoms with E-state index in [1.165, 1.54) is 16.1 Å². The Labute approximate surface area is 193 Å². The molecule has 11 nitrogen and oxygen atoms in total. The molecule has 3 amide bonds. The Morgan fingerprint density at radius 3 is 2.48 bits per heavy atom. The molecule has 0 spiro atoms. The minimum absolute atomic E-state index is 0.0582. The second-order valence-electron chi connectivity index (χ2n) is 8.97. The number of nitrogens with two attached hydrogens (primary N) is 1. The van der Waals surface area contributed by atoms with Crippen LogP contribution in [0.5, 0.6) is 0 Å². The van der Waals surface area contributed by atoms with Gasteiger partial charge in [-0.2, -0.15) is 0 Å². The quantitative estimate of drug-likeness (QED) is 0.397. The van der Waals surface area contributed by atoms with Crippen LogP contribution in [0.1, 0.15) is 51.6 Å². The summed E-state index contributed by atoms with van der Waals surface area (Å²) in [6, 6.07) is -3.27. The molecular formula is C22H34N6O5. The van der Waals surface area contributed by atoms with Gasteiger partial charge in [0.15, 0.2) is 0 Å². The second-order valence-corrected chi connectivity index (χ2v) is 8.97. The van der Waals surface area contributed by atoms with E-state index in [4.69, 9.17) is 5.73 Å². The van der Waals surface area contributed by atoms with E-state index < -0.39 is 36.0 Å². The van der Waals surface area contributed by atoms with Gasteiger partial charge in [0, 0.05) is 31.4 Å². The number of nitrogens with zero attached hydrogens (tertiary/aromatic N) is 3. The van der Waals surface area contributed by atoms with Gasteiger partial charge in [-0.15, -0.1) is 0 Å². The van der Waals surface area contributed by atoms with Crippen molar-refractivity contribution in [3.63, 3.8) is 0 Å². The monoisotopic (exact) mass is 462 g/mol. The van der Waals surface area contributed by atoms with Crippen LogP contribution in [0.3, 0.4) is 0 Å². The Bertz CT molecular complexity index is 859. The summed E-state index contributed by atoms with van der Waals surface area (Å²) < 4.78 is 0. The molecule has 1 aromatic heterocycles. The highest BCUT2D eigenvalue weighted by molar-refractivity contribution is 5.94. The maximum Gasteiger partial charge on any atom is 0.326 e. The summed E-state index contributed by atoms with van der Waals surface area (Å²) in [5.74, 6) is -2.23. The van der Waals surface area contributed by atoms with Crippen LogP contribution in [0.4, 0.5) is 0 Å². The van der Waals surface area contributed by atoms with Gasteiger partial charge in [0.1, 0.15) is 18.1 Å². The summed E-state index contributed by atoms with van der Waals surface area (Å²) in [7, 11) is 0. The molecule has 0 bridgehead atoms. The lowest BCUT2D eigenvalue weighted by Gasteiger charge is -2.32. The lowest BCUT2D eigenvalue weighted by molar-refractivity contribution is -0.152. The molecule has 0 aliphatic carbocycles. The van der Waals surface area contributed by atoms with E-state index in [-0.39, 0.29) is 24.2 Å². The Balaban J connectivity index is 1.78. The number of carbonyl (C=O) groups excluding carboxylic acids is 3. The summed E-state index contributed by atoms with van der Waals surface area (Å²) in [5.41, 5.74) is 6.74. The number of rotatable bonds is 9. The van der Waals surface area contributed by atoms with Gasteiger partial charge in [0.05, 0.1) is 12.4 Å². The Morgan fingerprint density at radius 1 is 1.21 bits per heavy atom. The number of imidazole rings is 1. The van der Waals surface area contributed by atoms with Crippen LogP contribution in [-0.2, 0) is 25.6 Å². The van der Waals surface area contributed by atoms with Crippen LogP contribution in [0.15, 0.2) is 12.5 Å². The molecule has 2 aliphatic heterocycles. The molecule has 5 atom stereocenters. The first-order chi connectivity index (χ1) is 15.7. The van der Waals surface area contributed by atoms with Crippen LogP contribution in [0.25, 0.3) is 0 Å². The molecule has 33 heavy (non-hydrogen) atoms. The number of amides is 3. The van der Waals surface area contributed by atoms with Crippen molar-refractivity contribution < 1.29 is 24.3 Å². The third-order valence-electron chi connectivity index (χ3n) is 6.80. The van der Waals surface area contributed by atoms with E-state index in [2.05, 4.69) is 15.3 Å². The van der Waals surface area contributed by atoms with Crippen molar-refractivity contribution in [2.24, 2.45) is 11.7 Å². The number of aliphatic carboxylic acids is 1.